The smallest absolute Gasteiger partial charge is 0.303 e. The average Bonchev–Trinajstić information content (AvgIpc) is 2.78. The molecule has 0 aromatic carbocycles. The Morgan fingerprint density at radius 1 is 0.500 bits per heavy atom. The average molecular weight is 451 g/mol. The van der Waals surface area contributed by atoms with Crippen molar-refractivity contribution >= 4 is 5.97 Å². The van der Waals surface area contributed by atoms with Crippen LogP contribution in [0.3, 0.4) is 0 Å². The lowest BCUT2D eigenvalue weighted by Crippen LogP contribution is -1.93. The number of allylic oxidation sites excluding steroid dienone is 2. The van der Waals surface area contributed by atoms with Crippen LogP contribution in [0.5, 0.6) is 0 Å². The lowest BCUT2D eigenvalue weighted by molar-refractivity contribution is -0.137. The second kappa shape index (κ2) is 26.5. The van der Waals surface area contributed by atoms with E-state index >= 15 is 0 Å². The quantitative estimate of drug-likeness (QED) is 0.105. The molecule has 0 rings (SSSR count). The molecule has 0 amide bonds. The lowest BCUT2D eigenvalue weighted by Gasteiger charge is -2.08. The van der Waals surface area contributed by atoms with Crippen molar-refractivity contribution in [3.63, 3.8) is 0 Å². The van der Waals surface area contributed by atoms with Crippen molar-refractivity contribution in [2.45, 2.75) is 174 Å². The van der Waals surface area contributed by atoms with Crippen LogP contribution in [-0.4, -0.2) is 11.1 Å². The standard InChI is InChI=1S/C30H58O2/c1-3-5-7-8-9-10-11-12-13-14-15-16-19-22-26-29(25-6-4-2)27-23-20-17-18-21-24-28-30(31)32/h27H,3-26,28H2,1-2H3,(H,31,32)/b29-27-. The zero-order chi connectivity index (χ0) is 23.5. The van der Waals surface area contributed by atoms with Crippen molar-refractivity contribution in [1.29, 1.82) is 0 Å². The van der Waals surface area contributed by atoms with Gasteiger partial charge in [0, 0.05) is 6.42 Å². The van der Waals surface area contributed by atoms with E-state index in [2.05, 4.69) is 19.9 Å². The predicted octanol–water partition coefficient (Wildman–Crippen LogP) is 10.8. The molecule has 190 valence electrons. The summed E-state index contributed by atoms with van der Waals surface area (Å²) in [7, 11) is 0. The Hall–Kier alpha value is -0.790. The fourth-order valence-corrected chi connectivity index (χ4v) is 4.54. The molecule has 2 nitrogen and oxygen atoms in total. The van der Waals surface area contributed by atoms with Crippen LogP contribution >= 0.6 is 0 Å². The highest BCUT2D eigenvalue weighted by Gasteiger charge is 2.00. The van der Waals surface area contributed by atoms with Gasteiger partial charge in [0.2, 0.25) is 0 Å². The lowest BCUT2D eigenvalue weighted by atomic mass is 9.98. The molecule has 0 saturated carbocycles. The maximum atomic E-state index is 10.5. The zero-order valence-electron chi connectivity index (χ0n) is 22.1. The highest BCUT2D eigenvalue weighted by Crippen LogP contribution is 2.19. The fourth-order valence-electron chi connectivity index (χ4n) is 4.54. The summed E-state index contributed by atoms with van der Waals surface area (Å²) >= 11 is 0. The second-order valence-corrected chi connectivity index (χ2v) is 10.0. The molecule has 0 aliphatic rings. The minimum Gasteiger partial charge on any atom is -0.481 e. The van der Waals surface area contributed by atoms with Crippen molar-refractivity contribution < 1.29 is 9.90 Å². The summed E-state index contributed by atoms with van der Waals surface area (Å²) in [4.78, 5) is 10.5. The van der Waals surface area contributed by atoms with Crippen molar-refractivity contribution in [1.82, 2.24) is 0 Å². The van der Waals surface area contributed by atoms with Gasteiger partial charge in [-0.2, -0.15) is 0 Å². The van der Waals surface area contributed by atoms with Gasteiger partial charge in [-0.25, -0.2) is 0 Å². The third kappa shape index (κ3) is 25.5. The first-order valence-corrected chi connectivity index (χ1v) is 14.6. The minimum atomic E-state index is -0.656. The molecule has 0 bridgehead atoms. The number of carbonyl (C=O) groups is 1. The van der Waals surface area contributed by atoms with Gasteiger partial charge in [0.15, 0.2) is 0 Å². The summed E-state index contributed by atoms with van der Waals surface area (Å²) in [6.07, 6.45) is 35.0. The molecule has 0 unspecified atom stereocenters. The molecule has 2 heteroatoms. The summed E-state index contributed by atoms with van der Waals surface area (Å²) < 4.78 is 0. The Labute approximate surface area is 202 Å². The normalized spacial score (nSPS) is 11.9. The van der Waals surface area contributed by atoms with E-state index in [-0.39, 0.29) is 0 Å². The van der Waals surface area contributed by atoms with E-state index in [9.17, 15) is 4.79 Å². The number of hydrogen-bond donors (Lipinski definition) is 1. The van der Waals surface area contributed by atoms with Crippen LogP contribution in [0.4, 0.5) is 0 Å². The summed E-state index contributed by atoms with van der Waals surface area (Å²) in [5, 5.41) is 8.68. The van der Waals surface area contributed by atoms with E-state index in [0.717, 1.165) is 12.8 Å². The van der Waals surface area contributed by atoms with Crippen molar-refractivity contribution in [3.8, 4) is 0 Å². The highest BCUT2D eigenvalue weighted by molar-refractivity contribution is 5.66. The van der Waals surface area contributed by atoms with Crippen molar-refractivity contribution in [3.05, 3.63) is 11.6 Å². The Morgan fingerprint density at radius 3 is 1.34 bits per heavy atom. The van der Waals surface area contributed by atoms with E-state index in [4.69, 9.17) is 5.11 Å². The molecule has 0 aliphatic heterocycles. The summed E-state index contributed by atoms with van der Waals surface area (Å²) in [5.41, 5.74) is 1.71. The van der Waals surface area contributed by atoms with E-state index in [1.165, 1.54) is 141 Å². The first-order chi connectivity index (χ1) is 15.7. The maximum absolute atomic E-state index is 10.5. The van der Waals surface area contributed by atoms with Crippen molar-refractivity contribution in [2.24, 2.45) is 0 Å². The maximum Gasteiger partial charge on any atom is 0.303 e. The van der Waals surface area contributed by atoms with Crippen LogP contribution in [0.25, 0.3) is 0 Å². The van der Waals surface area contributed by atoms with Crippen molar-refractivity contribution in [2.75, 3.05) is 0 Å². The molecular weight excluding hydrogens is 392 g/mol. The molecule has 0 radical (unpaired) electrons. The van der Waals surface area contributed by atoms with E-state index in [1.54, 1.807) is 5.57 Å². The Kier molecular flexibility index (Phi) is 25.8. The van der Waals surface area contributed by atoms with Gasteiger partial charge in [-0.15, -0.1) is 0 Å². The summed E-state index contributed by atoms with van der Waals surface area (Å²) in [6, 6.07) is 0. The van der Waals surface area contributed by atoms with Gasteiger partial charge in [0.1, 0.15) is 0 Å². The molecule has 0 heterocycles. The SMILES string of the molecule is CCCCCCCCCCCCCCCC/C(=C\CCCCCCCC(=O)O)CCCC. The number of rotatable bonds is 26. The van der Waals surface area contributed by atoms with Gasteiger partial charge in [0.25, 0.3) is 0 Å². The highest BCUT2D eigenvalue weighted by atomic mass is 16.4. The third-order valence-corrected chi connectivity index (χ3v) is 6.73. The van der Waals surface area contributed by atoms with Gasteiger partial charge < -0.3 is 5.11 Å². The molecule has 1 N–H and O–H groups in total. The van der Waals surface area contributed by atoms with Crippen LogP contribution in [0, 0.1) is 0 Å². The van der Waals surface area contributed by atoms with E-state index in [1.807, 2.05) is 0 Å². The fraction of sp³-hybridized carbons (Fsp3) is 0.900. The topological polar surface area (TPSA) is 37.3 Å². The van der Waals surface area contributed by atoms with E-state index in [0.29, 0.717) is 6.42 Å². The van der Waals surface area contributed by atoms with Gasteiger partial charge in [-0.1, -0.05) is 135 Å². The molecule has 0 fully saturated rings. The number of carboxylic acid groups (broad SMARTS) is 1. The molecule has 0 aromatic rings. The molecule has 32 heavy (non-hydrogen) atoms. The number of aliphatic carboxylic acids is 1. The summed E-state index contributed by atoms with van der Waals surface area (Å²) in [5.74, 6) is -0.656. The van der Waals surface area contributed by atoms with Crippen LogP contribution in [0.2, 0.25) is 0 Å². The first-order valence-electron chi connectivity index (χ1n) is 14.6. The number of hydrogen-bond acceptors (Lipinski definition) is 1. The zero-order valence-corrected chi connectivity index (χ0v) is 22.1. The molecule has 0 atom stereocenters. The molecule has 0 aromatic heterocycles. The minimum absolute atomic E-state index is 0.334. The van der Waals surface area contributed by atoms with Gasteiger partial charge in [-0.05, 0) is 44.9 Å². The van der Waals surface area contributed by atoms with Gasteiger partial charge in [0.05, 0.1) is 0 Å². The number of unbranched alkanes of at least 4 members (excludes halogenated alkanes) is 19. The molecule has 0 aliphatic carbocycles. The largest absolute Gasteiger partial charge is 0.481 e. The van der Waals surface area contributed by atoms with Crippen LogP contribution < -0.4 is 0 Å². The second-order valence-electron chi connectivity index (χ2n) is 10.0. The van der Waals surface area contributed by atoms with Crippen LogP contribution in [0.15, 0.2) is 11.6 Å². The third-order valence-electron chi connectivity index (χ3n) is 6.73. The monoisotopic (exact) mass is 450 g/mol. The first kappa shape index (κ1) is 31.2. The molecule has 0 saturated heterocycles. The number of carboxylic acids is 1. The van der Waals surface area contributed by atoms with Gasteiger partial charge in [-0.3, -0.25) is 4.79 Å². The Morgan fingerprint density at radius 2 is 0.875 bits per heavy atom. The molecule has 0 spiro atoms. The predicted molar refractivity (Wildman–Crippen MR) is 142 cm³/mol. The van der Waals surface area contributed by atoms with Crippen LogP contribution in [-0.2, 0) is 4.79 Å². The molecular formula is C30H58O2. The van der Waals surface area contributed by atoms with Gasteiger partial charge >= 0.3 is 5.97 Å². The van der Waals surface area contributed by atoms with Crippen LogP contribution in [0.1, 0.15) is 174 Å². The Balaban J connectivity index is 3.59. The Bertz CT molecular complexity index is 413. The van der Waals surface area contributed by atoms with E-state index < -0.39 is 5.97 Å². The summed E-state index contributed by atoms with van der Waals surface area (Å²) in [6.45, 7) is 4.59.